The van der Waals surface area contributed by atoms with E-state index in [1.54, 1.807) is 13.8 Å². The van der Waals surface area contributed by atoms with E-state index in [4.69, 9.17) is 4.74 Å². The number of halogens is 6. The Hall–Kier alpha value is -2.01. The highest BCUT2D eigenvalue weighted by Gasteiger charge is 2.47. The number of cyclic esters (lactones) is 1. The van der Waals surface area contributed by atoms with Crippen molar-refractivity contribution in [3.8, 4) is 0 Å². The molecule has 0 aromatic carbocycles. The number of aliphatic carboxylic acids is 1. The molecule has 2 amide bonds. The Kier molecular flexibility index (Phi) is 7.72. The van der Waals surface area contributed by atoms with Crippen LogP contribution in [-0.2, 0) is 14.3 Å². The lowest BCUT2D eigenvalue weighted by Crippen LogP contribution is -2.47. The molecule has 12 heteroatoms. The van der Waals surface area contributed by atoms with Crippen LogP contribution >= 0.6 is 0 Å². The number of imide groups is 1. The fourth-order valence-electron chi connectivity index (χ4n) is 2.99. The zero-order chi connectivity index (χ0) is 21.9. The van der Waals surface area contributed by atoms with Crippen LogP contribution in [-0.4, -0.2) is 53.0 Å². The summed E-state index contributed by atoms with van der Waals surface area (Å²) in [6.07, 6.45) is -16.0. The van der Waals surface area contributed by atoms with E-state index in [0.717, 1.165) is 0 Å². The normalized spacial score (nSPS) is 20.2. The standard InChI is InChI=1S/C16H21F6NO5/c1-8(2)11-7-28-14(27)23(11)12(24)9(3-5-15(17,18)19)10(13(25)26)4-6-16(20,21)22/h8-11H,3-7H2,1-2H3,(H,25,26). The van der Waals surface area contributed by atoms with Crippen LogP contribution in [0.1, 0.15) is 39.5 Å². The van der Waals surface area contributed by atoms with Crippen LogP contribution in [0.15, 0.2) is 0 Å². The summed E-state index contributed by atoms with van der Waals surface area (Å²) in [6, 6.07) is -0.842. The van der Waals surface area contributed by atoms with Crippen LogP contribution in [0.25, 0.3) is 0 Å². The first-order chi connectivity index (χ1) is 12.6. The molecule has 1 rings (SSSR count). The Labute approximate surface area is 156 Å². The molecule has 0 aromatic rings. The number of hydrogen-bond donors (Lipinski definition) is 1. The zero-order valence-corrected chi connectivity index (χ0v) is 15.1. The Morgan fingerprint density at radius 1 is 1.07 bits per heavy atom. The molecule has 1 saturated heterocycles. The topological polar surface area (TPSA) is 83.9 Å². The first kappa shape index (κ1) is 24.0. The maximum absolute atomic E-state index is 12.8. The van der Waals surface area contributed by atoms with Crippen molar-refractivity contribution in [1.82, 2.24) is 4.90 Å². The molecule has 1 aliphatic heterocycles. The molecule has 28 heavy (non-hydrogen) atoms. The number of nitrogens with zero attached hydrogens (tertiary/aromatic N) is 1. The average Bonchev–Trinajstić information content (AvgIpc) is 2.89. The van der Waals surface area contributed by atoms with Gasteiger partial charge in [0.25, 0.3) is 0 Å². The van der Waals surface area contributed by atoms with E-state index in [1.165, 1.54) is 0 Å². The van der Waals surface area contributed by atoms with Crippen molar-refractivity contribution in [3.05, 3.63) is 0 Å². The van der Waals surface area contributed by atoms with Crippen LogP contribution in [0.3, 0.4) is 0 Å². The van der Waals surface area contributed by atoms with Gasteiger partial charge in [0.15, 0.2) is 0 Å². The molecule has 1 N–H and O–H groups in total. The predicted octanol–water partition coefficient (Wildman–Crippen LogP) is 3.99. The van der Waals surface area contributed by atoms with Gasteiger partial charge in [-0.1, -0.05) is 13.8 Å². The van der Waals surface area contributed by atoms with Gasteiger partial charge in [-0.3, -0.25) is 9.59 Å². The summed E-state index contributed by atoms with van der Waals surface area (Å²) in [6.45, 7) is 2.99. The second kappa shape index (κ2) is 8.99. The van der Waals surface area contributed by atoms with Crippen LogP contribution in [0.5, 0.6) is 0 Å². The quantitative estimate of drug-likeness (QED) is 0.599. The lowest BCUT2D eigenvalue weighted by Gasteiger charge is -2.30. The van der Waals surface area contributed by atoms with Crippen molar-refractivity contribution in [1.29, 1.82) is 0 Å². The lowest BCUT2D eigenvalue weighted by molar-refractivity contribution is -0.161. The zero-order valence-electron chi connectivity index (χ0n) is 15.1. The SMILES string of the molecule is CC(C)C1COC(=O)N1C(=O)C(CCC(F)(F)F)C(CCC(F)(F)F)C(=O)O. The van der Waals surface area contributed by atoms with Crippen molar-refractivity contribution < 1.29 is 50.6 Å². The molecule has 0 aromatic heterocycles. The number of carboxylic acid groups (broad SMARTS) is 1. The first-order valence-corrected chi connectivity index (χ1v) is 8.50. The van der Waals surface area contributed by atoms with E-state index in [2.05, 4.69) is 0 Å². The molecule has 0 bridgehead atoms. The van der Waals surface area contributed by atoms with Crippen LogP contribution in [0.2, 0.25) is 0 Å². The van der Waals surface area contributed by atoms with E-state index in [0.29, 0.717) is 4.90 Å². The third kappa shape index (κ3) is 6.86. The van der Waals surface area contributed by atoms with Crippen molar-refractivity contribution in [2.45, 2.75) is 57.9 Å². The summed E-state index contributed by atoms with van der Waals surface area (Å²) in [4.78, 5) is 36.7. The van der Waals surface area contributed by atoms with Gasteiger partial charge in [0, 0.05) is 12.8 Å². The van der Waals surface area contributed by atoms with Crippen molar-refractivity contribution in [2.24, 2.45) is 17.8 Å². The third-order valence-electron chi connectivity index (χ3n) is 4.51. The molecule has 1 fully saturated rings. The summed E-state index contributed by atoms with van der Waals surface area (Å²) in [5, 5.41) is 9.27. The molecule has 0 saturated carbocycles. The molecule has 0 radical (unpaired) electrons. The van der Waals surface area contributed by atoms with E-state index < -0.39 is 73.9 Å². The fraction of sp³-hybridized carbons (Fsp3) is 0.812. The lowest BCUT2D eigenvalue weighted by atomic mass is 9.83. The molecule has 0 spiro atoms. The molecule has 1 aliphatic rings. The van der Waals surface area contributed by atoms with Crippen molar-refractivity contribution >= 4 is 18.0 Å². The number of amides is 2. The van der Waals surface area contributed by atoms with Gasteiger partial charge in [0.2, 0.25) is 5.91 Å². The minimum atomic E-state index is -4.76. The Bertz CT molecular complexity index is 589. The molecule has 6 nitrogen and oxygen atoms in total. The predicted molar refractivity (Wildman–Crippen MR) is 82.0 cm³/mol. The van der Waals surface area contributed by atoms with Gasteiger partial charge in [-0.15, -0.1) is 0 Å². The number of hydrogen-bond acceptors (Lipinski definition) is 4. The highest BCUT2D eigenvalue weighted by Crippen LogP contribution is 2.35. The Balaban J connectivity index is 3.19. The third-order valence-corrected chi connectivity index (χ3v) is 4.51. The molecular weight excluding hydrogens is 400 g/mol. The summed E-state index contributed by atoms with van der Waals surface area (Å²) in [7, 11) is 0. The second-order valence-corrected chi connectivity index (χ2v) is 6.96. The van der Waals surface area contributed by atoms with Crippen LogP contribution in [0, 0.1) is 17.8 Å². The monoisotopic (exact) mass is 421 g/mol. The van der Waals surface area contributed by atoms with Gasteiger partial charge < -0.3 is 9.84 Å². The minimum Gasteiger partial charge on any atom is -0.481 e. The van der Waals surface area contributed by atoms with Gasteiger partial charge in [0.1, 0.15) is 6.61 Å². The number of alkyl halides is 6. The van der Waals surface area contributed by atoms with Gasteiger partial charge in [-0.25, -0.2) is 9.69 Å². The molecule has 3 unspecified atom stereocenters. The number of ether oxygens (including phenoxy) is 1. The minimum absolute atomic E-state index is 0.228. The Morgan fingerprint density at radius 3 is 1.93 bits per heavy atom. The van der Waals surface area contributed by atoms with Crippen LogP contribution < -0.4 is 0 Å². The number of carboxylic acids is 1. The van der Waals surface area contributed by atoms with Gasteiger partial charge in [0.05, 0.1) is 17.9 Å². The summed E-state index contributed by atoms with van der Waals surface area (Å²) in [5.74, 6) is -7.43. The van der Waals surface area contributed by atoms with Crippen molar-refractivity contribution in [2.75, 3.05) is 6.61 Å². The molecule has 0 aliphatic carbocycles. The largest absolute Gasteiger partial charge is 0.481 e. The average molecular weight is 421 g/mol. The fourth-order valence-corrected chi connectivity index (χ4v) is 2.99. The first-order valence-electron chi connectivity index (χ1n) is 8.50. The van der Waals surface area contributed by atoms with Gasteiger partial charge in [-0.2, -0.15) is 26.3 Å². The van der Waals surface area contributed by atoms with E-state index in [1.807, 2.05) is 0 Å². The van der Waals surface area contributed by atoms with E-state index in [9.17, 15) is 45.8 Å². The van der Waals surface area contributed by atoms with E-state index in [-0.39, 0.29) is 12.5 Å². The van der Waals surface area contributed by atoms with Crippen molar-refractivity contribution in [3.63, 3.8) is 0 Å². The van der Waals surface area contributed by atoms with Gasteiger partial charge >= 0.3 is 24.4 Å². The van der Waals surface area contributed by atoms with Crippen LogP contribution in [0.4, 0.5) is 31.1 Å². The number of carbonyl (C=O) groups is 3. The highest BCUT2D eigenvalue weighted by atomic mass is 19.4. The molecular formula is C16H21F6NO5. The summed E-state index contributed by atoms with van der Waals surface area (Å²) >= 11 is 0. The second-order valence-electron chi connectivity index (χ2n) is 6.96. The maximum atomic E-state index is 12.8. The summed E-state index contributed by atoms with van der Waals surface area (Å²) in [5.41, 5.74) is 0. The van der Waals surface area contributed by atoms with E-state index >= 15 is 0 Å². The smallest absolute Gasteiger partial charge is 0.416 e. The summed E-state index contributed by atoms with van der Waals surface area (Å²) < 4.78 is 80.2. The number of carbonyl (C=O) groups excluding carboxylic acids is 2. The van der Waals surface area contributed by atoms with Gasteiger partial charge in [-0.05, 0) is 18.8 Å². The number of rotatable bonds is 8. The molecule has 3 atom stereocenters. The Morgan fingerprint density at radius 2 is 1.54 bits per heavy atom. The molecule has 1 heterocycles. The maximum Gasteiger partial charge on any atom is 0.416 e. The molecule has 162 valence electrons. The highest BCUT2D eigenvalue weighted by molar-refractivity contribution is 5.96.